The Balaban J connectivity index is 1.59. The van der Waals surface area contributed by atoms with Crippen LogP contribution in [-0.4, -0.2) is 21.4 Å². The molecule has 0 saturated heterocycles. The Kier molecular flexibility index (Phi) is 5.70. The highest BCUT2D eigenvalue weighted by atomic mass is 32.2. The summed E-state index contributed by atoms with van der Waals surface area (Å²) in [4.78, 5) is 12.2. The van der Waals surface area contributed by atoms with Crippen LogP contribution < -0.4 is 5.32 Å². The van der Waals surface area contributed by atoms with Crippen molar-refractivity contribution in [3.8, 4) is 11.5 Å². The van der Waals surface area contributed by atoms with E-state index in [2.05, 4.69) is 48.4 Å². The minimum Gasteiger partial charge on any atom is -0.467 e. The maximum absolute atomic E-state index is 12.2. The SMILES string of the molecule is C[C@@H](Sc1nnc(-c2ccc(C(C)(C)C)cc2)o1)C(=O)NCc1ccco1. The molecule has 0 spiro atoms. The van der Waals surface area contributed by atoms with Gasteiger partial charge in [0.25, 0.3) is 5.22 Å². The number of hydrogen-bond donors (Lipinski definition) is 1. The van der Waals surface area contributed by atoms with Crippen molar-refractivity contribution in [3.63, 3.8) is 0 Å². The van der Waals surface area contributed by atoms with E-state index in [-0.39, 0.29) is 16.6 Å². The normalized spacial score (nSPS) is 12.7. The first-order valence-electron chi connectivity index (χ1n) is 8.74. The topological polar surface area (TPSA) is 81.2 Å². The van der Waals surface area contributed by atoms with Crippen molar-refractivity contribution in [2.45, 2.75) is 50.1 Å². The highest BCUT2D eigenvalue weighted by Crippen LogP contribution is 2.28. The second-order valence-electron chi connectivity index (χ2n) is 7.26. The smallest absolute Gasteiger partial charge is 0.277 e. The molecular weight excluding hydrogens is 362 g/mol. The Morgan fingerprint density at radius 3 is 2.56 bits per heavy atom. The van der Waals surface area contributed by atoms with Crippen LogP contribution in [0, 0.1) is 0 Å². The lowest BCUT2D eigenvalue weighted by Gasteiger charge is -2.18. The highest BCUT2D eigenvalue weighted by molar-refractivity contribution is 8.00. The molecule has 2 aromatic heterocycles. The Bertz CT molecular complexity index is 880. The van der Waals surface area contributed by atoms with E-state index in [9.17, 15) is 4.79 Å². The fourth-order valence-corrected chi connectivity index (χ4v) is 3.13. The molecule has 1 N–H and O–H groups in total. The van der Waals surface area contributed by atoms with Gasteiger partial charge in [0.1, 0.15) is 5.76 Å². The van der Waals surface area contributed by atoms with Crippen LogP contribution >= 0.6 is 11.8 Å². The summed E-state index contributed by atoms with van der Waals surface area (Å²) in [5.74, 6) is 1.03. The van der Waals surface area contributed by atoms with Gasteiger partial charge in [0, 0.05) is 5.56 Å². The van der Waals surface area contributed by atoms with E-state index in [1.807, 2.05) is 18.2 Å². The van der Waals surface area contributed by atoms with Crippen LogP contribution in [0.15, 0.2) is 56.7 Å². The van der Waals surface area contributed by atoms with Crippen LogP contribution in [0.25, 0.3) is 11.5 Å². The van der Waals surface area contributed by atoms with Crippen LogP contribution in [-0.2, 0) is 16.8 Å². The molecule has 0 aliphatic heterocycles. The zero-order valence-corrected chi connectivity index (χ0v) is 16.7. The number of carbonyl (C=O) groups excluding carboxylic acids is 1. The summed E-state index contributed by atoms with van der Waals surface area (Å²) in [7, 11) is 0. The van der Waals surface area contributed by atoms with Gasteiger partial charge in [0.2, 0.25) is 11.8 Å². The fraction of sp³-hybridized carbons (Fsp3) is 0.350. The maximum atomic E-state index is 12.2. The van der Waals surface area contributed by atoms with Crippen molar-refractivity contribution in [2.24, 2.45) is 0 Å². The van der Waals surface area contributed by atoms with Crippen molar-refractivity contribution in [3.05, 3.63) is 54.0 Å². The first-order valence-corrected chi connectivity index (χ1v) is 9.62. The molecule has 27 heavy (non-hydrogen) atoms. The van der Waals surface area contributed by atoms with Crippen LogP contribution in [0.3, 0.4) is 0 Å². The number of hydrogen-bond acceptors (Lipinski definition) is 6. The van der Waals surface area contributed by atoms with Crippen molar-refractivity contribution in [2.75, 3.05) is 0 Å². The molecule has 0 radical (unpaired) electrons. The average molecular weight is 385 g/mol. The lowest BCUT2D eigenvalue weighted by atomic mass is 9.87. The third-order valence-electron chi connectivity index (χ3n) is 4.07. The molecule has 2 heterocycles. The lowest BCUT2D eigenvalue weighted by Crippen LogP contribution is -2.30. The minimum absolute atomic E-state index is 0.0901. The predicted octanol–water partition coefficient (Wildman–Crippen LogP) is 4.42. The second-order valence-corrected chi connectivity index (χ2v) is 8.55. The van der Waals surface area contributed by atoms with Crippen molar-refractivity contribution in [1.82, 2.24) is 15.5 Å². The van der Waals surface area contributed by atoms with Gasteiger partial charge in [-0.15, -0.1) is 10.2 Å². The van der Waals surface area contributed by atoms with Gasteiger partial charge in [0.15, 0.2) is 0 Å². The maximum Gasteiger partial charge on any atom is 0.277 e. The summed E-state index contributed by atoms with van der Waals surface area (Å²) in [6, 6.07) is 11.7. The van der Waals surface area contributed by atoms with Crippen LogP contribution in [0.2, 0.25) is 0 Å². The van der Waals surface area contributed by atoms with E-state index in [1.165, 1.54) is 17.3 Å². The molecule has 3 aromatic rings. The summed E-state index contributed by atoms with van der Waals surface area (Å²) in [6.07, 6.45) is 1.58. The molecular formula is C20H23N3O3S. The molecule has 0 fully saturated rings. The van der Waals surface area contributed by atoms with Gasteiger partial charge in [-0.1, -0.05) is 44.7 Å². The van der Waals surface area contributed by atoms with Crippen LogP contribution in [0.4, 0.5) is 0 Å². The number of amides is 1. The van der Waals surface area contributed by atoms with E-state index >= 15 is 0 Å². The number of nitrogens with one attached hydrogen (secondary N) is 1. The zero-order valence-electron chi connectivity index (χ0n) is 15.9. The molecule has 0 bridgehead atoms. The average Bonchev–Trinajstić information content (AvgIpc) is 3.31. The van der Waals surface area contributed by atoms with Crippen molar-refractivity contribution >= 4 is 17.7 Å². The van der Waals surface area contributed by atoms with Gasteiger partial charge in [-0.3, -0.25) is 4.79 Å². The van der Waals surface area contributed by atoms with Gasteiger partial charge >= 0.3 is 0 Å². The standard InChI is InChI=1S/C20H23N3O3S/c1-13(17(24)21-12-16-6-5-11-25-16)27-19-23-22-18(26-19)14-7-9-15(10-8-14)20(2,3)4/h5-11,13H,12H2,1-4H3,(H,21,24)/t13-/m1/s1. The Morgan fingerprint density at radius 1 is 1.19 bits per heavy atom. The van der Waals surface area contributed by atoms with Crippen molar-refractivity contribution < 1.29 is 13.6 Å². The van der Waals surface area contributed by atoms with Gasteiger partial charge in [-0.25, -0.2) is 0 Å². The van der Waals surface area contributed by atoms with E-state index < -0.39 is 0 Å². The van der Waals surface area contributed by atoms with Crippen LogP contribution in [0.1, 0.15) is 39.0 Å². The molecule has 6 nitrogen and oxygen atoms in total. The summed E-state index contributed by atoms with van der Waals surface area (Å²) in [5, 5.41) is 11.0. The Hall–Kier alpha value is -2.54. The Morgan fingerprint density at radius 2 is 1.93 bits per heavy atom. The first kappa shape index (κ1) is 19.2. The molecule has 0 saturated carbocycles. The van der Waals surface area contributed by atoms with E-state index in [0.717, 1.165) is 5.56 Å². The zero-order chi connectivity index (χ0) is 19.4. The monoisotopic (exact) mass is 385 g/mol. The third-order valence-corrected chi connectivity index (χ3v) is 5.00. The largest absolute Gasteiger partial charge is 0.467 e. The lowest BCUT2D eigenvalue weighted by molar-refractivity contribution is -0.120. The quantitative estimate of drug-likeness (QED) is 0.633. The van der Waals surface area contributed by atoms with Crippen molar-refractivity contribution in [1.29, 1.82) is 0 Å². The molecule has 7 heteroatoms. The fourth-order valence-electron chi connectivity index (χ4n) is 2.42. The van der Waals surface area contributed by atoms with E-state index in [1.54, 1.807) is 19.3 Å². The minimum atomic E-state index is -0.364. The molecule has 0 unspecified atom stereocenters. The van der Waals surface area contributed by atoms with Gasteiger partial charge in [0.05, 0.1) is 18.1 Å². The molecule has 1 amide bonds. The van der Waals surface area contributed by atoms with E-state index in [4.69, 9.17) is 8.83 Å². The second kappa shape index (κ2) is 8.00. The summed E-state index contributed by atoms with van der Waals surface area (Å²) < 4.78 is 10.9. The number of thioether (sulfide) groups is 1. The molecule has 0 aliphatic rings. The van der Waals surface area contributed by atoms with Gasteiger partial charge in [-0.2, -0.15) is 0 Å². The van der Waals surface area contributed by atoms with E-state index in [0.29, 0.717) is 23.4 Å². The number of furan rings is 1. The summed E-state index contributed by atoms with van der Waals surface area (Å²) in [5.41, 5.74) is 2.19. The number of nitrogens with zero attached hydrogens (tertiary/aromatic N) is 2. The molecule has 0 aliphatic carbocycles. The number of rotatable bonds is 6. The molecule has 3 rings (SSSR count). The number of carbonyl (C=O) groups is 1. The Labute approximate surface area is 162 Å². The van der Waals surface area contributed by atoms with Gasteiger partial charge < -0.3 is 14.2 Å². The number of benzene rings is 1. The molecule has 1 aromatic carbocycles. The van der Waals surface area contributed by atoms with Crippen LogP contribution in [0.5, 0.6) is 0 Å². The first-order chi connectivity index (χ1) is 12.8. The molecule has 142 valence electrons. The van der Waals surface area contributed by atoms with Gasteiger partial charge in [-0.05, 0) is 42.2 Å². The summed E-state index contributed by atoms with van der Waals surface area (Å²) >= 11 is 1.23. The molecule has 1 atom stereocenters. The summed E-state index contributed by atoms with van der Waals surface area (Å²) in [6.45, 7) is 8.65. The number of aromatic nitrogens is 2. The highest BCUT2D eigenvalue weighted by Gasteiger charge is 2.19. The third kappa shape index (κ3) is 5.01. The predicted molar refractivity (Wildman–Crippen MR) is 104 cm³/mol.